The van der Waals surface area contributed by atoms with Crippen LogP contribution >= 0.6 is 0 Å². The minimum absolute atomic E-state index is 0. The van der Waals surface area contributed by atoms with E-state index in [2.05, 4.69) is 20.8 Å². The van der Waals surface area contributed by atoms with E-state index in [0.29, 0.717) is 57.8 Å². The van der Waals surface area contributed by atoms with Crippen molar-refractivity contribution < 1.29 is 169 Å². The monoisotopic (exact) mass is 1240 g/mol. The van der Waals surface area contributed by atoms with Crippen molar-refractivity contribution in [3.63, 3.8) is 0 Å². The minimum Gasteiger partial charge on any atom is -0.726 e. The summed E-state index contributed by atoms with van der Waals surface area (Å²) in [6.07, 6.45) is 34.2. The minimum atomic E-state index is -4.74. The van der Waals surface area contributed by atoms with Gasteiger partial charge >= 0.3 is 107 Å². The van der Waals surface area contributed by atoms with E-state index in [9.17, 15) is 53.3 Å². The molecule has 0 aliphatic rings. The number of ether oxygens (including phenoxy) is 3. The van der Waals surface area contributed by atoms with Gasteiger partial charge in [-0.3, -0.25) is 26.9 Å². The molecule has 3 unspecified atom stereocenters. The van der Waals surface area contributed by atoms with Gasteiger partial charge in [0.15, 0.2) is 6.10 Å². The van der Waals surface area contributed by atoms with Crippen molar-refractivity contribution >= 4 is 49.1 Å². The zero-order chi connectivity index (χ0) is 58.0. The first kappa shape index (κ1) is 88.4. The van der Waals surface area contributed by atoms with Crippen LogP contribution in [0.2, 0.25) is 0 Å². The Labute approximate surface area is 559 Å². The topological polar surface area (TPSA) is 278 Å². The predicted molar refractivity (Wildman–Crippen MR) is 300 cm³/mol. The summed E-state index contributed by atoms with van der Waals surface area (Å²) in [5, 5.41) is 0. The van der Waals surface area contributed by atoms with E-state index in [4.69, 9.17) is 26.8 Å². The van der Waals surface area contributed by atoms with E-state index in [1.807, 2.05) is 0 Å². The Hall–Kier alpha value is 1.02. The zero-order valence-electron chi connectivity index (χ0n) is 51.6. The van der Waals surface area contributed by atoms with Gasteiger partial charge in [0.2, 0.25) is 31.2 Å². The summed E-state index contributed by atoms with van der Waals surface area (Å²) < 4.78 is 132. The summed E-state index contributed by atoms with van der Waals surface area (Å²) in [5.74, 6) is -1.31. The van der Waals surface area contributed by atoms with Gasteiger partial charge in [-0.2, -0.15) is 0 Å². The summed E-state index contributed by atoms with van der Waals surface area (Å²) in [4.78, 5) is 38.4. The third kappa shape index (κ3) is 66.8. The Bertz CT molecular complexity index is 1710. The average Bonchev–Trinajstić information content (AvgIpc) is 3.36. The molecule has 0 rings (SSSR count). The molecule has 0 bridgehead atoms. The van der Waals surface area contributed by atoms with E-state index >= 15 is 0 Å². The molecule has 0 saturated carbocycles. The predicted octanol–water partition coefficient (Wildman–Crippen LogP) is 5.15. The molecule has 0 radical (unpaired) electrons. The number of rotatable bonds is 59. The van der Waals surface area contributed by atoms with Crippen LogP contribution in [0.15, 0.2) is 0 Å². The van der Waals surface area contributed by atoms with Crippen LogP contribution in [-0.2, 0) is 72.3 Å². The first-order chi connectivity index (χ1) is 37.3. The molecule has 0 N–H and O–H groups in total. The van der Waals surface area contributed by atoms with Gasteiger partial charge in [-0.05, 0) is 57.8 Å². The second kappa shape index (κ2) is 60.0. The fourth-order valence-electron chi connectivity index (χ4n) is 9.60. The van der Waals surface area contributed by atoms with Crippen molar-refractivity contribution in [2.45, 2.75) is 334 Å². The maximum atomic E-state index is 12.9. The largest absolute Gasteiger partial charge is 1.00 e. The Morgan fingerprint density at radius 2 is 0.494 bits per heavy atom. The van der Waals surface area contributed by atoms with Crippen molar-refractivity contribution in [1.82, 2.24) is 0 Å². The number of unbranched alkanes of at least 4 members (excludes halogenated alkanes) is 30. The van der Waals surface area contributed by atoms with Crippen LogP contribution in [0.25, 0.3) is 0 Å². The molecule has 0 aromatic heterocycles. The molecule has 0 heterocycles. The van der Waals surface area contributed by atoms with Crippen LogP contribution < -0.4 is 88.7 Å². The molecule has 24 heteroatoms. The molecular weight excluding hydrogens is 1140 g/mol. The summed E-state index contributed by atoms with van der Waals surface area (Å²) in [7, 11) is -14.2. The Kier molecular flexibility index (Phi) is 65.5. The second-order valence-electron chi connectivity index (χ2n) is 21.5. The first-order valence-electron chi connectivity index (χ1n) is 30.7. The third-order valence-corrected chi connectivity index (χ3v) is 15.6. The second-order valence-corrected chi connectivity index (χ2v) is 24.5. The molecular formula is C57H107Na3O18S3. The average molecular weight is 1250 g/mol. The summed E-state index contributed by atoms with van der Waals surface area (Å²) >= 11 is 0. The van der Waals surface area contributed by atoms with Crippen molar-refractivity contribution in [1.29, 1.82) is 0 Å². The van der Waals surface area contributed by atoms with E-state index < -0.39 is 73.5 Å². The van der Waals surface area contributed by atoms with E-state index in [1.54, 1.807) is 0 Å². The molecule has 0 aromatic rings. The molecule has 0 fully saturated rings. The van der Waals surface area contributed by atoms with Crippen molar-refractivity contribution in [3.8, 4) is 0 Å². The molecule has 0 amide bonds. The standard InChI is InChI=1S/C57H110O18S3.3Na/c1-4-7-10-31-40-51(73-76(61,62)63)43-34-25-19-13-16-22-28-37-46-55(58)70-49-54(72-57(60)48-39-30-24-18-15-21-27-36-45-53(75-78(67,68)69)42-33-12-9-6-3)50-71-56(59)47-38-29-23-17-14-20-26-35-44-52(74-77(64,65)66)41-32-11-8-5-2;;;/h51-54H,4-50H2,1-3H3,(H,61,62,63)(H,64,65,66)(H,67,68,69);;;/q;3*+1/p-3. The number of hydrogen-bond donors (Lipinski definition) is 0. The molecule has 81 heavy (non-hydrogen) atoms. The zero-order valence-corrected chi connectivity index (χ0v) is 60.1. The van der Waals surface area contributed by atoms with Crippen LogP contribution in [0.3, 0.4) is 0 Å². The van der Waals surface area contributed by atoms with Crippen LogP contribution in [0.4, 0.5) is 0 Å². The van der Waals surface area contributed by atoms with Gasteiger partial charge in [0.05, 0.1) is 18.3 Å². The quantitative estimate of drug-likeness (QED) is 0.0190. The molecule has 0 aromatic carbocycles. The fourth-order valence-corrected chi connectivity index (χ4v) is 11.2. The van der Waals surface area contributed by atoms with Crippen LogP contribution in [0.5, 0.6) is 0 Å². The maximum Gasteiger partial charge on any atom is 1.00 e. The smallest absolute Gasteiger partial charge is 0.726 e. The van der Waals surface area contributed by atoms with E-state index in [0.717, 1.165) is 212 Å². The normalized spacial score (nSPS) is 13.3. The summed E-state index contributed by atoms with van der Waals surface area (Å²) in [6, 6.07) is 0. The van der Waals surface area contributed by atoms with Gasteiger partial charge in [0, 0.05) is 19.3 Å². The first-order valence-corrected chi connectivity index (χ1v) is 34.7. The Morgan fingerprint density at radius 1 is 0.296 bits per heavy atom. The molecule has 464 valence electrons. The molecule has 0 aliphatic carbocycles. The van der Waals surface area contributed by atoms with Crippen LogP contribution in [0.1, 0.15) is 310 Å². The van der Waals surface area contributed by atoms with E-state index in [1.165, 1.54) is 0 Å². The molecule has 18 nitrogen and oxygen atoms in total. The van der Waals surface area contributed by atoms with Crippen LogP contribution in [-0.4, -0.2) is 94.4 Å². The summed E-state index contributed by atoms with van der Waals surface area (Å²) in [6.45, 7) is 5.83. The van der Waals surface area contributed by atoms with Gasteiger partial charge in [-0.15, -0.1) is 0 Å². The van der Waals surface area contributed by atoms with E-state index in [-0.39, 0.29) is 121 Å². The number of carbonyl (C=O) groups excluding carboxylic acids is 3. The van der Waals surface area contributed by atoms with Gasteiger partial charge in [-0.1, -0.05) is 233 Å². The fraction of sp³-hybridized carbons (Fsp3) is 0.947. The maximum absolute atomic E-state index is 12.9. The summed E-state index contributed by atoms with van der Waals surface area (Å²) in [5.41, 5.74) is 0. The molecule has 3 atom stereocenters. The molecule has 0 aliphatic heterocycles. The third-order valence-electron chi connectivity index (χ3n) is 14.0. The van der Waals surface area contributed by atoms with Gasteiger partial charge in [-0.25, -0.2) is 25.3 Å². The van der Waals surface area contributed by atoms with Crippen molar-refractivity contribution in [2.75, 3.05) is 13.2 Å². The number of esters is 3. The Morgan fingerprint density at radius 3 is 0.716 bits per heavy atom. The molecule has 0 spiro atoms. The molecule has 0 saturated heterocycles. The van der Waals surface area contributed by atoms with Gasteiger partial charge in [0.25, 0.3) is 0 Å². The van der Waals surface area contributed by atoms with Crippen molar-refractivity contribution in [2.24, 2.45) is 0 Å². The number of hydrogen-bond acceptors (Lipinski definition) is 18. The van der Waals surface area contributed by atoms with Gasteiger partial charge < -0.3 is 27.9 Å². The van der Waals surface area contributed by atoms with Crippen molar-refractivity contribution in [3.05, 3.63) is 0 Å². The Balaban J connectivity index is -0.00000988. The van der Waals surface area contributed by atoms with Gasteiger partial charge in [0.1, 0.15) is 13.2 Å². The number of carbonyl (C=O) groups is 3. The SMILES string of the molecule is CCCCCCC(CCCCCCCCCCC(=O)OCC(COC(=O)CCCCCCCCCCC(CCCCCC)OS(=O)(=O)[O-])OC(=O)CCCCCCCCCCC(CCCCCC)OS(=O)(=O)[O-])OS(=O)(=O)[O-].[Na+].[Na+].[Na+]. The van der Waals surface area contributed by atoms with Crippen LogP contribution in [0, 0.1) is 0 Å².